The van der Waals surface area contributed by atoms with Crippen molar-refractivity contribution in [1.82, 2.24) is 4.90 Å². The van der Waals surface area contributed by atoms with Crippen molar-refractivity contribution >= 4 is 11.9 Å². The number of carboxylic acids is 1. The molecule has 0 radical (unpaired) electrons. The molecule has 1 aliphatic carbocycles. The molecule has 2 aliphatic rings. The number of carbonyl (C=O) groups is 2. The minimum Gasteiger partial charge on any atom is -0.481 e. The second-order valence-corrected chi connectivity index (χ2v) is 5.68. The lowest BCUT2D eigenvalue weighted by molar-refractivity contribution is -0.139. The number of carboxylic acid groups (broad SMARTS) is 1. The van der Waals surface area contributed by atoms with Crippen LogP contribution in [0, 0.1) is 0 Å². The number of carbonyl (C=O) groups excluding carboxylic acids is 1. The maximum Gasteiger partial charge on any atom is 0.305 e. The van der Waals surface area contributed by atoms with E-state index in [-0.39, 0.29) is 24.5 Å². The topological polar surface area (TPSA) is 66.8 Å². The summed E-state index contributed by atoms with van der Waals surface area (Å²) in [4.78, 5) is 25.0. The third kappa shape index (κ3) is 3.82. The molecule has 0 spiro atoms. The summed E-state index contributed by atoms with van der Waals surface area (Å²) in [5.74, 6) is -0.814. The van der Waals surface area contributed by atoms with Gasteiger partial charge in [-0.1, -0.05) is 11.6 Å². The maximum atomic E-state index is 12.4. The highest BCUT2D eigenvalue weighted by Gasteiger charge is 2.36. The number of methoxy groups -OCH3 is 1. The highest BCUT2D eigenvalue weighted by atomic mass is 16.5. The number of rotatable bonds is 5. The van der Waals surface area contributed by atoms with Crippen LogP contribution < -0.4 is 0 Å². The molecule has 20 heavy (non-hydrogen) atoms. The Labute approximate surface area is 119 Å². The molecule has 0 unspecified atom stereocenters. The van der Waals surface area contributed by atoms with Crippen LogP contribution in [0.4, 0.5) is 0 Å². The summed E-state index contributed by atoms with van der Waals surface area (Å²) in [7, 11) is 1.61. The molecule has 0 bridgehead atoms. The molecular formula is C15H23NO4. The number of hydrogen-bond donors (Lipinski definition) is 1. The van der Waals surface area contributed by atoms with Crippen LogP contribution in [0.25, 0.3) is 0 Å². The maximum absolute atomic E-state index is 12.4. The first kappa shape index (κ1) is 15.0. The molecule has 1 N–H and O–H groups in total. The van der Waals surface area contributed by atoms with Crippen LogP contribution >= 0.6 is 0 Å². The highest BCUT2D eigenvalue weighted by Crippen LogP contribution is 2.26. The predicted molar refractivity (Wildman–Crippen MR) is 74.3 cm³/mol. The molecule has 0 aromatic carbocycles. The van der Waals surface area contributed by atoms with Crippen LogP contribution in [0.15, 0.2) is 11.6 Å². The van der Waals surface area contributed by atoms with E-state index in [1.807, 2.05) is 0 Å². The Balaban J connectivity index is 1.98. The summed E-state index contributed by atoms with van der Waals surface area (Å²) in [6, 6.07) is -0.228. The highest BCUT2D eigenvalue weighted by molar-refractivity contribution is 5.80. The Hall–Kier alpha value is -1.36. The van der Waals surface area contributed by atoms with Gasteiger partial charge in [0.2, 0.25) is 5.91 Å². The van der Waals surface area contributed by atoms with Crippen molar-refractivity contribution < 1.29 is 19.4 Å². The first-order valence-electron chi connectivity index (χ1n) is 7.32. The van der Waals surface area contributed by atoms with E-state index in [1.165, 1.54) is 12.0 Å². The Bertz CT molecular complexity index is 405. The van der Waals surface area contributed by atoms with Crippen LogP contribution in [0.5, 0.6) is 0 Å². The monoisotopic (exact) mass is 281 g/mol. The molecule has 5 nitrogen and oxygen atoms in total. The summed E-state index contributed by atoms with van der Waals surface area (Å²) < 4.78 is 5.29. The lowest BCUT2D eigenvalue weighted by Crippen LogP contribution is -2.37. The zero-order chi connectivity index (χ0) is 14.5. The van der Waals surface area contributed by atoms with Crippen LogP contribution in [-0.2, 0) is 14.3 Å². The Morgan fingerprint density at radius 3 is 2.85 bits per heavy atom. The third-order valence-corrected chi connectivity index (χ3v) is 4.20. The zero-order valence-electron chi connectivity index (χ0n) is 12.0. The van der Waals surface area contributed by atoms with Gasteiger partial charge in [-0.3, -0.25) is 9.59 Å². The summed E-state index contributed by atoms with van der Waals surface area (Å²) in [5.41, 5.74) is 1.20. The molecule has 0 saturated carbocycles. The third-order valence-electron chi connectivity index (χ3n) is 4.20. The SMILES string of the molecule is CO[C@H]1C[C@H](CC(=O)O)N(C(=O)CC2=CCCCC2)C1. The van der Waals surface area contributed by atoms with Gasteiger partial charge in [-0.05, 0) is 32.1 Å². The van der Waals surface area contributed by atoms with Gasteiger partial charge in [-0.2, -0.15) is 0 Å². The van der Waals surface area contributed by atoms with E-state index in [1.54, 1.807) is 12.0 Å². The van der Waals surface area contributed by atoms with Crippen molar-refractivity contribution in [2.45, 2.75) is 57.1 Å². The molecule has 5 heteroatoms. The van der Waals surface area contributed by atoms with Gasteiger partial charge in [0, 0.05) is 26.1 Å². The molecular weight excluding hydrogens is 258 g/mol. The molecule has 2 rings (SSSR count). The Morgan fingerprint density at radius 2 is 2.25 bits per heavy atom. The average molecular weight is 281 g/mol. The molecule has 1 saturated heterocycles. The zero-order valence-corrected chi connectivity index (χ0v) is 12.0. The van der Waals surface area contributed by atoms with Gasteiger partial charge in [0.15, 0.2) is 0 Å². The number of ether oxygens (including phenoxy) is 1. The normalized spacial score (nSPS) is 26.4. The fourth-order valence-electron chi connectivity index (χ4n) is 3.11. The van der Waals surface area contributed by atoms with Gasteiger partial charge in [-0.25, -0.2) is 0 Å². The van der Waals surface area contributed by atoms with E-state index >= 15 is 0 Å². The standard InChI is InChI=1S/C15H23NO4/c1-20-13-8-12(9-15(18)19)16(10-13)14(17)7-11-5-3-2-4-6-11/h5,12-13H,2-4,6-10H2,1H3,(H,18,19)/t12-,13+/m1/s1. The van der Waals surface area contributed by atoms with Gasteiger partial charge in [0.25, 0.3) is 0 Å². The van der Waals surface area contributed by atoms with Gasteiger partial charge < -0.3 is 14.7 Å². The van der Waals surface area contributed by atoms with Gasteiger partial charge in [0.1, 0.15) is 0 Å². The van der Waals surface area contributed by atoms with E-state index in [9.17, 15) is 9.59 Å². The van der Waals surface area contributed by atoms with Crippen molar-refractivity contribution in [3.63, 3.8) is 0 Å². The van der Waals surface area contributed by atoms with Crippen LogP contribution in [0.2, 0.25) is 0 Å². The van der Waals surface area contributed by atoms with Gasteiger partial charge >= 0.3 is 5.97 Å². The average Bonchev–Trinajstić information content (AvgIpc) is 2.82. The smallest absolute Gasteiger partial charge is 0.305 e. The number of amides is 1. The number of allylic oxidation sites excluding steroid dienone is 1. The van der Waals surface area contributed by atoms with E-state index in [2.05, 4.69) is 6.08 Å². The summed E-state index contributed by atoms with van der Waals surface area (Å²) >= 11 is 0. The van der Waals surface area contributed by atoms with E-state index in [0.717, 1.165) is 19.3 Å². The van der Waals surface area contributed by atoms with Crippen molar-refractivity contribution in [2.24, 2.45) is 0 Å². The summed E-state index contributed by atoms with van der Waals surface area (Å²) in [5, 5.41) is 8.96. The molecule has 1 amide bonds. The lowest BCUT2D eigenvalue weighted by Gasteiger charge is -2.24. The quantitative estimate of drug-likeness (QED) is 0.782. The van der Waals surface area contributed by atoms with Crippen LogP contribution in [0.3, 0.4) is 0 Å². The van der Waals surface area contributed by atoms with Gasteiger partial charge in [0.05, 0.1) is 12.5 Å². The summed E-state index contributed by atoms with van der Waals surface area (Å²) in [6.07, 6.45) is 7.59. The second kappa shape index (κ2) is 6.88. The minimum absolute atomic E-state index is 0.00461. The van der Waals surface area contributed by atoms with E-state index in [0.29, 0.717) is 19.4 Å². The lowest BCUT2D eigenvalue weighted by atomic mass is 9.96. The van der Waals surface area contributed by atoms with Crippen LogP contribution in [-0.4, -0.2) is 47.7 Å². The van der Waals surface area contributed by atoms with Gasteiger partial charge in [-0.15, -0.1) is 0 Å². The number of nitrogens with zero attached hydrogens (tertiary/aromatic N) is 1. The first-order valence-corrected chi connectivity index (χ1v) is 7.32. The summed E-state index contributed by atoms with van der Waals surface area (Å²) in [6.45, 7) is 0.514. The Kier molecular flexibility index (Phi) is 5.17. The molecule has 1 aliphatic heterocycles. The Morgan fingerprint density at radius 1 is 1.45 bits per heavy atom. The fourth-order valence-corrected chi connectivity index (χ4v) is 3.11. The molecule has 0 aromatic rings. The minimum atomic E-state index is -0.860. The molecule has 2 atom stereocenters. The molecule has 1 heterocycles. The molecule has 112 valence electrons. The van der Waals surface area contributed by atoms with Crippen LogP contribution in [0.1, 0.15) is 44.9 Å². The molecule has 1 fully saturated rings. The van der Waals surface area contributed by atoms with Crippen molar-refractivity contribution in [1.29, 1.82) is 0 Å². The van der Waals surface area contributed by atoms with Crippen molar-refractivity contribution in [3.05, 3.63) is 11.6 Å². The first-order chi connectivity index (χ1) is 9.60. The van der Waals surface area contributed by atoms with Crippen molar-refractivity contribution in [3.8, 4) is 0 Å². The predicted octanol–water partition coefficient (Wildman–Crippen LogP) is 1.97. The fraction of sp³-hybridized carbons (Fsp3) is 0.733. The van der Waals surface area contributed by atoms with E-state index in [4.69, 9.17) is 9.84 Å². The number of likely N-dealkylation sites (tertiary alicyclic amines) is 1. The second-order valence-electron chi connectivity index (χ2n) is 5.68. The molecule has 0 aromatic heterocycles. The number of aliphatic carboxylic acids is 1. The van der Waals surface area contributed by atoms with E-state index < -0.39 is 5.97 Å². The number of hydrogen-bond acceptors (Lipinski definition) is 3. The van der Waals surface area contributed by atoms with Crippen molar-refractivity contribution in [2.75, 3.05) is 13.7 Å². The largest absolute Gasteiger partial charge is 0.481 e.